The van der Waals surface area contributed by atoms with Crippen LogP contribution in [0.1, 0.15) is 5.56 Å². The summed E-state index contributed by atoms with van der Waals surface area (Å²) in [5.74, 6) is 1.40. The van der Waals surface area contributed by atoms with Gasteiger partial charge in [-0.05, 0) is 29.8 Å². The zero-order valence-corrected chi connectivity index (χ0v) is 13.8. The first kappa shape index (κ1) is 16.4. The minimum Gasteiger partial charge on any atom is -0.457 e. The molecule has 0 amide bonds. The van der Waals surface area contributed by atoms with E-state index in [-0.39, 0.29) is 16.6 Å². The second-order valence-electron chi connectivity index (χ2n) is 5.02. The predicted octanol–water partition coefficient (Wildman–Crippen LogP) is 3.68. The van der Waals surface area contributed by atoms with Gasteiger partial charge >= 0.3 is 0 Å². The SMILES string of the molecule is O=c1[nH]n(Cc2ccc(Oc3ccccc3)cc2)c(=O)c(Cl)c1Cl. The smallest absolute Gasteiger partial charge is 0.285 e. The molecule has 1 aromatic heterocycles. The van der Waals surface area contributed by atoms with Crippen molar-refractivity contribution in [3.63, 3.8) is 0 Å². The molecule has 0 saturated heterocycles. The fourth-order valence-electron chi connectivity index (χ4n) is 2.12. The fourth-order valence-corrected chi connectivity index (χ4v) is 2.43. The van der Waals surface area contributed by atoms with E-state index in [9.17, 15) is 9.59 Å². The summed E-state index contributed by atoms with van der Waals surface area (Å²) >= 11 is 11.4. The first-order chi connectivity index (χ1) is 11.5. The zero-order chi connectivity index (χ0) is 17.1. The molecule has 0 aliphatic rings. The van der Waals surface area contributed by atoms with E-state index < -0.39 is 11.1 Å². The van der Waals surface area contributed by atoms with Crippen LogP contribution in [0.4, 0.5) is 0 Å². The number of aromatic amines is 1. The average molecular weight is 363 g/mol. The average Bonchev–Trinajstić information content (AvgIpc) is 2.60. The maximum absolute atomic E-state index is 12.0. The summed E-state index contributed by atoms with van der Waals surface area (Å²) < 4.78 is 6.81. The van der Waals surface area contributed by atoms with E-state index in [1.165, 1.54) is 0 Å². The molecule has 0 atom stereocenters. The Hall–Kier alpha value is -2.50. The van der Waals surface area contributed by atoms with Gasteiger partial charge < -0.3 is 4.74 Å². The molecule has 0 unspecified atom stereocenters. The first-order valence-corrected chi connectivity index (χ1v) is 7.80. The Kier molecular flexibility index (Phi) is 4.74. The second kappa shape index (κ2) is 6.95. The molecule has 0 aliphatic carbocycles. The number of nitrogens with zero attached hydrogens (tertiary/aromatic N) is 1. The van der Waals surface area contributed by atoms with E-state index in [4.69, 9.17) is 27.9 Å². The zero-order valence-electron chi connectivity index (χ0n) is 12.3. The lowest BCUT2D eigenvalue weighted by Gasteiger charge is -2.09. The molecular formula is C17H12Cl2N2O3. The molecule has 1 heterocycles. The number of benzene rings is 2. The van der Waals surface area contributed by atoms with Crippen LogP contribution in [0.25, 0.3) is 0 Å². The number of aromatic nitrogens is 2. The van der Waals surface area contributed by atoms with Crippen LogP contribution in [0.2, 0.25) is 10.0 Å². The van der Waals surface area contributed by atoms with Crippen molar-refractivity contribution in [3.05, 3.63) is 90.9 Å². The first-order valence-electron chi connectivity index (χ1n) is 7.04. The third-order valence-corrected chi connectivity index (χ3v) is 4.11. The lowest BCUT2D eigenvalue weighted by molar-refractivity contribution is 0.482. The minimum atomic E-state index is -0.606. The summed E-state index contributed by atoms with van der Waals surface area (Å²) in [6, 6.07) is 16.5. The van der Waals surface area contributed by atoms with E-state index in [1.807, 2.05) is 30.3 Å². The highest BCUT2D eigenvalue weighted by atomic mass is 35.5. The third-order valence-electron chi connectivity index (χ3n) is 3.30. The Morgan fingerprint density at radius 1 is 0.875 bits per heavy atom. The highest BCUT2D eigenvalue weighted by molar-refractivity contribution is 6.41. The summed E-state index contributed by atoms with van der Waals surface area (Å²) in [4.78, 5) is 23.6. The van der Waals surface area contributed by atoms with Crippen LogP contribution in [0.5, 0.6) is 11.5 Å². The molecule has 24 heavy (non-hydrogen) atoms. The molecule has 0 radical (unpaired) electrons. The largest absolute Gasteiger partial charge is 0.457 e. The Morgan fingerprint density at radius 2 is 1.50 bits per heavy atom. The molecule has 3 aromatic rings. The Balaban J connectivity index is 1.80. The van der Waals surface area contributed by atoms with Crippen molar-refractivity contribution in [2.75, 3.05) is 0 Å². The van der Waals surface area contributed by atoms with Crippen LogP contribution in [0, 0.1) is 0 Å². The van der Waals surface area contributed by atoms with Gasteiger partial charge in [0.2, 0.25) is 0 Å². The molecule has 7 heteroatoms. The summed E-state index contributed by atoms with van der Waals surface area (Å²) in [6.45, 7) is 0.163. The van der Waals surface area contributed by atoms with Crippen molar-refractivity contribution in [2.45, 2.75) is 6.54 Å². The number of ether oxygens (including phenoxy) is 1. The highest BCUT2D eigenvalue weighted by Gasteiger charge is 2.11. The van der Waals surface area contributed by atoms with Gasteiger partial charge in [-0.1, -0.05) is 53.5 Å². The van der Waals surface area contributed by atoms with Crippen LogP contribution in [-0.2, 0) is 6.54 Å². The normalized spacial score (nSPS) is 10.6. The van der Waals surface area contributed by atoms with E-state index in [2.05, 4.69) is 5.10 Å². The van der Waals surface area contributed by atoms with Crippen molar-refractivity contribution in [3.8, 4) is 11.5 Å². The molecule has 1 N–H and O–H groups in total. The standard InChI is InChI=1S/C17H12Cl2N2O3/c18-14-15(19)17(23)21(20-16(14)22)10-11-6-8-13(9-7-11)24-12-4-2-1-3-5-12/h1-9H,10H2,(H,20,22). The number of halogens is 2. The lowest BCUT2D eigenvalue weighted by Crippen LogP contribution is -2.30. The van der Waals surface area contributed by atoms with Gasteiger partial charge in [0.1, 0.15) is 21.5 Å². The summed E-state index contributed by atoms with van der Waals surface area (Å²) in [6.07, 6.45) is 0. The van der Waals surface area contributed by atoms with Gasteiger partial charge in [0.25, 0.3) is 11.1 Å². The van der Waals surface area contributed by atoms with Crippen molar-refractivity contribution >= 4 is 23.2 Å². The van der Waals surface area contributed by atoms with Crippen molar-refractivity contribution < 1.29 is 4.74 Å². The number of nitrogens with one attached hydrogen (secondary N) is 1. The van der Waals surface area contributed by atoms with Crippen molar-refractivity contribution in [2.24, 2.45) is 0 Å². The molecule has 0 bridgehead atoms. The maximum Gasteiger partial charge on any atom is 0.285 e. The minimum absolute atomic E-state index is 0.163. The Bertz CT molecular complexity index is 964. The molecule has 122 valence electrons. The monoisotopic (exact) mass is 362 g/mol. The topological polar surface area (TPSA) is 64.1 Å². The van der Waals surface area contributed by atoms with Gasteiger partial charge in [-0.3, -0.25) is 14.7 Å². The molecule has 2 aromatic carbocycles. The van der Waals surface area contributed by atoms with Gasteiger partial charge in [0, 0.05) is 0 Å². The van der Waals surface area contributed by atoms with Crippen molar-refractivity contribution in [1.82, 2.24) is 9.78 Å². The predicted molar refractivity (Wildman–Crippen MR) is 93.4 cm³/mol. The Labute approximate surface area is 147 Å². The third kappa shape index (κ3) is 3.53. The molecule has 0 saturated carbocycles. The van der Waals surface area contributed by atoms with Gasteiger partial charge in [0.05, 0.1) is 6.54 Å². The molecule has 3 rings (SSSR count). The molecule has 0 fully saturated rings. The molecule has 5 nitrogen and oxygen atoms in total. The number of hydrogen-bond donors (Lipinski definition) is 1. The number of H-pyrrole nitrogens is 1. The van der Waals surface area contributed by atoms with Gasteiger partial charge in [-0.25, -0.2) is 4.68 Å². The number of rotatable bonds is 4. The van der Waals surface area contributed by atoms with E-state index in [1.54, 1.807) is 24.3 Å². The molecular weight excluding hydrogens is 351 g/mol. The Morgan fingerprint density at radius 3 is 2.17 bits per heavy atom. The quantitative estimate of drug-likeness (QED) is 0.769. The molecule has 0 aliphatic heterocycles. The van der Waals surface area contributed by atoms with Crippen LogP contribution in [0.15, 0.2) is 64.2 Å². The second-order valence-corrected chi connectivity index (χ2v) is 5.78. The lowest BCUT2D eigenvalue weighted by atomic mass is 10.2. The van der Waals surface area contributed by atoms with E-state index >= 15 is 0 Å². The van der Waals surface area contributed by atoms with Crippen LogP contribution < -0.4 is 15.9 Å². The van der Waals surface area contributed by atoms with Gasteiger partial charge in [-0.2, -0.15) is 0 Å². The summed E-state index contributed by atoms with van der Waals surface area (Å²) in [5, 5.41) is 1.80. The van der Waals surface area contributed by atoms with Crippen LogP contribution in [0.3, 0.4) is 0 Å². The molecule has 0 spiro atoms. The maximum atomic E-state index is 12.0. The fraction of sp³-hybridized carbons (Fsp3) is 0.0588. The van der Waals surface area contributed by atoms with Crippen LogP contribution in [-0.4, -0.2) is 9.78 Å². The summed E-state index contributed by atoms with van der Waals surface area (Å²) in [7, 11) is 0. The highest BCUT2D eigenvalue weighted by Crippen LogP contribution is 2.21. The summed E-state index contributed by atoms with van der Waals surface area (Å²) in [5.41, 5.74) is -0.359. The van der Waals surface area contributed by atoms with E-state index in [0.29, 0.717) is 5.75 Å². The van der Waals surface area contributed by atoms with Gasteiger partial charge in [-0.15, -0.1) is 0 Å². The van der Waals surface area contributed by atoms with Crippen LogP contribution >= 0.6 is 23.2 Å². The van der Waals surface area contributed by atoms with Crippen molar-refractivity contribution in [1.29, 1.82) is 0 Å². The van der Waals surface area contributed by atoms with Gasteiger partial charge in [0.15, 0.2) is 0 Å². The number of hydrogen-bond acceptors (Lipinski definition) is 3. The van der Waals surface area contributed by atoms with E-state index in [0.717, 1.165) is 16.0 Å². The number of para-hydroxylation sites is 1.